The van der Waals surface area contributed by atoms with Crippen molar-refractivity contribution in [3.63, 3.8) is 0 Å². The van der Waals surface area contributed by atoms with Crippen LogP contribution in [-0.4, -0.2) is 0 Å². The fraction of sp³-hybridized carbons (Fsp3) is 0.750. The van der Waals surface area contributed by atoms with Gasteiger partial charge >= 0.3 is 0 Å². The average Bonchev–Trinajstić information content (AvgIpc) is 2.41. The molecule has 0 aromatic rings. The van der Waals surface area contributed by atoms with Crippen molar-refractivity contribution in [1.82, 2.24) is 0 Å². The summed E-state index contributed by atoms with van der Waals surface area (Å²) < 4.78 is 0. The maximum Gasteiger partial charge on any atom is 0.139 e. The summed E-state index contributed by atoms with van der Waals surface area (Å²) in [5.41, 5.74) is 0. The summed E-state index contributed by atoms with van der Waals surface area (Å²) in [5.74, 6) is 0.599. The number of rotatable bonds is 15. The Kier molecular flexibility index (Phi) is 14.3. The molecule has 0 bridgehead atoms. The van der Waals surface area contributed by atoms with E-state index in [9.17, 15) is 0 Å². The van der Waals surface area contributed by atoms with Crippen LogP contribution in [0.3, 0.4) is 0 Å². The minimum absolute atomic E-state index is 0.599. The van der Waals surface area contributed by atoms with Crippen LogP contribution in [0, 0.1) is 0 Å². The van der Waals surface area contributed by atoms with Crippen molar-refractivity contribution >= 4 is 0 Å². The van der Waals surface area contributed by atoms with Gasteiger partial charge < -0.3 is 9.78 Å². The molecule has 0 aliphatic rings. The van der Waals surface area contributed by atoms with Gasteiger partial charge in [-0.3, -0.25) is 0 Å². The SMILES string of the molecule is C=COOOC(=C)CCCCCCCCCCCC. The van der Waals surface area contributed by atoms with Gasteiger partial charge in [-0.1, -0.05) is 77.9 Å². The smallest absolute Gasteiger partial charge is 0.139 e. The highest BCUT2D eigenvalue weighted by Gasteiger charge is 1.98. The van der Waals surface area contributed by atoms with Crippen LogP contribution in [0.5, 0.6) is 0 Å². The van der Waals surface area contributed by atoms with Crippen LogP contribution in [0.15, 0.2) is 25.2 Å². The maximum atomic E-state index is 4.78. The predicted molar refractivity (Wildman–Crippen MR) is 79.1 cm³/mol. The number of unbranched alkanes of at least 4 members (excludes halogenated alkanes) is 9. The van der Waals surface area contributed by atoms with Gasteiger partial charge in [0, 0.05) is 11.5 Å². The Morgan fingerprint density at radius 3 is 1.95 bits per heavy atom. The second kappa shape index (κ2) is 15.1. The van der Waals surface area contributed by atoms with E-state index in [0.717, 1.165) is 19.1 Å². The average molecular weight is 270 g/mol. The third-order valence-electron chi connectivity index (χ3n) is 3.07. The van der Waals surface area contributed by atoms with Crippen molar-refractivity contribution in [1.29, 1.82) is 0 Å². The van der Waals surface area contributed by atoms with Gasteiger partial charge in [0.15, 0.2) is 0 Å². The fourth-order valence-corrected chi connectivity index (χ4v) is 1.95. The minimum Gasteiger partial charge on any atom is -0.308 e. The Balaban J connectivity index is 3.09. The molecule has 0 amide bonds. The van der Waals surface area contributed by atoms with Crippen molar-refractivity contribution in [2.45, 2.75) is 77.6 Å². The van der Waals surface area contributed by atoms with Crippen LogP contribution in [-0.2, 0) is 14.8 Å². The Morgan fingerprint density at radius 2 is 1.42 bits per heavy atom. The lowest BCUT2D eigenvalue weighted by Gasteiger charge is -2.05. The molecule has 0 unspecified atom stereocenters. The zero-order valence-corrected chi connectivity index (χ0v) is 12.5. The largest absolute Gasteiger partial charge is 0.308 e. The van der Waals surface area contributed by atoms with Crippen molar-refractivity contribution in [3.05, 3.63) is 25.2 Å². The lowest BCUT2D eigenvalue weighted by Crippen LogP contribution is -1.92. The van der Waals surface area contributed by atoms with Gasteiger partial charge in [0.2, 0.25) is 0 Å². The van der Waals surface area contributed by atoms with Crippen molar-refractivity contribution in [3.8, 4) is 0 Å². The Bertz CT molecular complexity index is 214. The summed E-state index contributed by atoms with van der Waals surface area (Å²) in [5, 5.41) is 4.37. The molecule has 0 spiro atoms. The standard InChI is InChI=1S/C16H30O3/c1-4-6-7-8-9-10-11-12-13-14-15-16(3)18-19-17-5-2/h5H,2-4,6-15H2,1H3. The predicted octanol–water partition coefficient (Wildman–Crippen LogP) is 5.83. The van der Waals surface area contributed by atoms with E-state index in [1.165, 1.54) is 57.8 Å². The molecule has 0 aliphatic carbocycles. The van der Waals surface area contributed by atoms with E-state index in [4.69, 9.17) is 4.89 Å². The molecule has 0 aromatic heterocycles. The van der Waals surface area contributed by atoms with Gasteiger partial charge in [-0.15, -0.1) is 0 Å². The molecule has 0 heterocycles. The molecule has 0 aliphatic heterocycles. The van der Waals surface area contributed by atoms with Gasteiger partial charge in [0.05, 0.1) is 0 Å². The molecular formula is C16H30O3. The van der Waals surface area contributed by atoms with Gasteiger partial charge in [-0.05, 0) is 6.42 Å². The summed E-state index contributed by atoms with van der Waals surface area (Å²) in [4.78, 5) is 9.16. The topological polar surface area (TPSA) is 27.7 Å². The minimum atomic E-state index is 0.599. The van der Waals surface area contributed by atoms with E-state index in [0.29, 0.717) is 5.76 Å². The summed E-state index contributed by atoms with van der Waals surface area (Å²) in [7, 11) is 0. The first kappa shape index (κ1) is 18.0. The monoisotopic (exact) mass is 270 g/mol. The van der Waals surface area contributed by atoms with Crippen molar-refractivity contribution < 1.29 is 14.8 Å². The molecule has 19 heavy (non-hydrogen) atoms. The molecule has 3 heteroatoms. The van der Waals surface area contributed by atoms with Crippen LogP contribution in [0.4, 0.5) is 0 Å². The van der Waals surface area contributed by atoms with Crippen molar-refractivity contribution in [2.75, 3.05) is 0 Å². The summed E-state index contributed by atoms with van der Waals surface area (Å²) in [6, 6.07) is 0. The molecule has 0 saturated carbocycles. The summed E-state index contributed by atoms with van der Waals surface area (Å²) in [6.07, 6.45) is 15.2. The molecule has 0 N–H and O–H groups in total. The second-order valence-electron chi connectivity index (χ2n) is 4.88. The van der Waals surface area contributed by atoms with E-state index in [1.807, 2.05) is 0 Å². The highest BCUT2D eigenvalue weighted by Crippen LogP contribution is 2.13. The van der Waals surface area contributed by atoms with Gasteiger partial charge in [-0.25, -0.2) is 0 Å². The fourth-order valence-electron chi connectivity index (χ4n) is 1.95. The van der Waals surface area contributed by atoms with Gasteiger partial charge in [0.1, 0.15) is 12.0 Å². The van der Waals surface area contributed by atoms with E-state index < -0.39 is 0 Å². The first-order chi connectivity index (χ1) is 9.31. The third kappa shape index (κ3) is 15.0. The number of hydrogen-bond acceptors (Lipinski definition) is 3. The van der Waals surface area contributed by atoms with Crippen LogP contribution >= 0.6 is 0 Å². The first-order valence-corrected chi connectivity index (χ1v) is 7.60. The number of allylic oxidation sites excluding steroid dienone is 1. The Hall–Kier alpha value is -0.960. The third-order valence-corrected chi connectivity index (χ3v) is 3.07. The molecular weight excluding hydrogens is 240 g/mol. The van der Waals surface area contributed by atoms with E-state index in [2.05, 4.69) is 30.0 Å². The highest BCUT2D eigenvalue weighted by atomic mass is 17.5. The molecule has 0 atom stereocenters. The quantitative estimate of drug-likeness (QED) is 0.162. The van der Waals surface area contributed by atoms with E-state index >= 15 is 0 Å². The normalized spacial score (nSPS) is 10.2. The van der Waals surface area contributed by atoms with Crippen LogP contribution < -0.4 is 0 Å². The molecule has 0 fully saturated rings. The summed E-state index contributed by atoms with van der Waals surface area (Å²) >= 11 is 0. The van der Waals surface area contributed by atoms with E-state index in [1.54, 1.807) is 0 Å². The van der Waals surface area contributed by atoms with Crippen LogP contribution in [0.25, 0.3) is 0 Å². The maximum absolute atomic E-state index is 4.78. The van der Waals surface area contributed by atoms with Crippen LogP contribution in [0.1, 0.15) is 77.6 Å². The van der Waals surface area contributed by atoms with Crippen LogP contribution in [0.2, 0.25) is 0 Å². The zero-order valence-electron chi connectivity index (χ0n) is 12.5. The number of hydrogen-bond donors (Lipinski definition) is 0. The Morgan fingerprint density at radius 1 is 0.895 bits per heavy atom. The van der Waals surface area contributed by atoms with E-state index in [-0.39, 0.29) is 0 Å². The second-order valence-corrected chi connectivity index (χ2v) is 4.88. The highest BCUT2D eigenvalue weighted by molar-refractivity contribution is 4.79. The lowest BCUT2D eigenvalue weighted by atomic mass is 10.1. The summed E-state index contributed by atoms with van der Waals surface area (Å²) in [6.45, 7) is 9.32. The van der Waals surface area contributed by atoms with Gasteiger partial charge in [0.25, 0.3) is 0 Å². The first-order valence-electron chi connectivity index (χ1n) is 7.60. The molecule has 3 nitrogen and oxygen atoms in total. The lowest BCUT2D eigenvalue weighted by molar-refractivity contribution is -0.472. The van der Waals surface area contributed by atoms with Crippen molar-refractivity contribution in [2.24, 2.45) is 0 Å². The molecule has 0 saturated heterocycles. The Labute approximate surface area is 118 Å². The van der Waals surface area contributed by atoms with Gasteiger partial charge in [-0.2, -0.15) is 0 Å². The molecule has 0 aromatic carbocycles. The molecule has 0 radical (unpaired) electrons. The zero-order chi connectivity index (χ0) is 14.2. The molecule has 0 rings (SSSR count). The molecule has 112 valence electrons.